The molecule has 12 heavy (non-hydrogen) atoms. The van der Waals surface area contributed by atoms with E-state index in [1.807, 2.05) is 0 Å². The lowest BCUT2D eigenvalue weighted by Crippen LogP contribution is -1.80. The molecule has 4 heteroatoms. The third kappa shape index (κ3) is 2.19. The van der Waals surface area contributed by atoms with Gasteiger partial charge >= 0.3 is 0 Å². The molecule has 0 nitrogen and oxygen atoms in total. The zero-order valence-electron chi connectivity index (χ0n) is 5.82. The molecule has 0 saturated carbocycles. The van der Waals surface area contributed by atoms with E-state index < -0.39 is 16.1 Å². The van der Waals surface area contributed by atoms with Gasteiger partial charge < -0.3 is 0 Å². The van der Waals surface area contributed by atoms with Gasteiger partial charge in [-0.2, -0.15) is 0 Å². The third-order valence-electron chi connectivity index (χ3n) is 1.24. The molecule has 0 fully saturated rings. The largest absolute Gasteiger partial charge is 0.207 e. The maximum atomic E-state index is 12.9. The van der Waals surface area contributed by atoms with Gasteiger partial charge in [0.05, 0.1) is 0 Å². The quantitative estimate of drug-likeness (QED) is 0.657. The standard InChI is InChI=1S/C8H4Cl2F2/c9-8(10)7(12)5-2-1-3-6(11)4-5/h1-4H. The van der Waals surface area contributed by atoms with E-state index in [1.165, 1.54) is 18.2 Å². The highest BCUT2D eigenvalue weighted by Crippen LogP contribution is 2.25. The molecule has 0 aromatic heterocycles. The van der Waals surface area contributed by atoms with Gasteiger partial charge in [0.2, 0.25) is 0 Å². The maximum Gasteiger partial charge on any atom is 0.160 e. The Hall–Kier alpha value is -0.600. The molecule has 1 aromatic rings. The first-order valence-electron chi connectivity index (χ1n) is 3.08. The second-order valence-electron chi connectivity index (χ2n) is 2.08. The van der Waals surface area contributed by atoms with E-state index in [0.717, 1.165) is 6.07 Å². The smallest absolute Gasteiger partial charge is 0.160 e. The Labute approximate surface area is 78.4 Å². The number of halogens is 4. The maximum absolute atomic E-state index is 12.9. The Morgan fingerprint density at radius 1 is 1.25 bits per heavy atom. The van der Waals surface area contributed by atoms with E-state index in [1.54, 1.807) is 0 Å². The molecule has 64 valence electrons. The van der Waals surface area contributed by atoms with Crippen LogP contribution < -0.4 is 0 Å². The van der Waals surface area contributed by atoms with Crippen LogP contribution in [0.25, 0.3) is 5.83 Å². The lowest BCUT2D eigenvalue weighted by Gasteiger charge is -1.96. The van der Waals surface area contributed by atoms with Crippen molar-refractivity contribution in [1.82, 2.24) is 0 Å². The van der Waals surface area contributed by atoms with Crippen molar-refractivity contribution in [3.63, 3.8) is 0 Å². The second-order valence-corrected chi connectivity index (χ2v) is 3.03. The summed E-state index contributed by atoms with van der Waals surface area (Å²) >= 11 is 10.3. The molecule has 0 bridgehead atoms. The van der Waals surface area contributed by atoms with Crippen LogP contribution >= 0.6 is 23.2 Å². The summed E-state index contributed by atoms with van der Waals surface area (Å²) in [5.41, 5.74) is 0.0370. The topological polar surface area (TPSA) is 0 Å². The van der Waals surface area contributed by atoms with Gasteiger partial charge in [-0.1, -0.05) is 35.3 Å². The van der Waals surface area contributed by atoms with Gasteiger partial charge in [0.25, 0.3) is 0 Å². The molecule has 0 aliphatic rings. The van der Waals surface area contributed by atoms with Crippen molar-refractivity contribution in [1.29, 1.82) is 0 Å². The summed E-state index contributed by atoms with van der Waals surface area (Å²) in [7, 11) is 0. The van der Waals surface area contributed by atoms with Crippen LogP contribution in [0, 0.1) is 5.82 Å². The van der Waals surface area contributed by atoms with Gasteiger partial charge in [0.1, 0.15) is 10.3 Å². The molecular formula is C8H4Cl2F2. The molecule has 0 aliphatic carbocycles. The van der Waals surface area contributed by atoms with Crippen molar-refractivity contribution in [2.24, 2.45) is 0 Å². The van der Waals surface area contributed by atoms with E-state index in [4.69, 9.17) is 23.2 Å². The predicted molar refractivity (Wildman–Crippen MR) is 46.1 cm³/mol. The molecule has 0 amide bonds. The Kier molecular flexibility index (Phi) is 3.06. The van der Waals surface area contributed by atoms with Crippen molar-refractivity contribution in [2.45, 2.75) is 0 Å². The highest BCUT2D eigenvalue weighted by atomic mass is 35.5. The fourth-order valence-electron chi connectivity index (χ4n) is 0.734. The van der Waals surface area contributed by atoms with Crippen molar-refractivity contribution >= 4 is 29.0 Å². The fraction of sp³-hybridized carbons (Fsp3) is 0. The number of benzene rings is 1. The summed E-state index contributed by atoms with van der Waals surface area (Å²) in [6.07, 6.45) is 0. The molecular weight excluding hydrogens is 205 g/mol. The predicted octanol–water partition coefficient (Wildman–Crippen LogP) is 3.90. The number of hydrogen-bond donors (Lipinski definition) is 0. The van der Waals surface area contributed by atoms with Crippen LogP contribution in [0.5, 0.6) is 0 Å². The van der Waals surface area contributed by atoms with Crippen LogP contribution in [0.15, 0.2) is 28.8 Å². The summed E-state index contributed by atoms with van der Waals surface area (Å²) in [5, 5.41) is 0. The number of rotatable bonds is 1. The van der Waals surface area contributed by atoms with Crippen molar-refractivity contribution in [2.75, 3.05) is 0 Å². The van der Waals surface area contributed by atoms with Gasteiger partial charge in [-0.25, -0.2) is 8.78 Å². The average molecular weight is 209 g/mol. The Balaban J connectivity index is 3.13. The normalized spacial score (nSPS) is 9.67. The summed E-state index contributed by atoms with van der Waals surface area (Å²) in [6, 6.07) is 4.98. The van der Waals surface area contributed by atoms with Crippen LogP contribution in [0.3, 0.4) is 0 Å². The molecule has 0 saturated heterocycles. The average Bonchev–Trinajstić information content (AvgIpc) is 2.03. The summed E-state index contributed by atoms with van der Waals surface area (Å²) in [4.78, 5) is 0. The van der Waals surface area contributed by atoms with Crippen LogP contribution in [0.2, 0.25) is 0 Å². The molecule has 0 spiro atoms. The van der Waals surface area contributed by atoms with Crippen molar-refractivity contribution in [3.05, 3.63) is 40.1 Å². The first-order valence-corrected chi connectivity index (χ1v) is 3.83. The third-order valence-corrected chi connectivity index (χ3v) is 1.58. The lowest BCUT2D eigenvalue weighted by molar-refractivity contribution is 0.626. The van der Waals surface area contributed by atoms with E-state index >= 15 is 0 Å². The summed E-state index contributed by atoms with van der Waals surface area (Å²) in [6.45, 7) is 0. The molecule has 0 N–H and O–H groups in total. The lowest BCUT2D eigenvalue weighted by atomic mass is 10.2. The Morgan fingerprint density at radius 3 is 2.42 bits per heavy atom. The highest BCUT2D eigenvalue weighted by molar-refractivity contribution is 6.58. The van der Waals surface area contributed by atoms with Crippen LogP contribution in [0.4, 0.5) is 8.78 Å². The van der Waals surface area contributed by atoms with Crippen molar-refractivity contribution in [3.8, 4) is 0 Å². The Bertz CT molecular complexity index is 317. The summed E-state index contributed by atoms with van der Waals surface area (Å²) < 4.78 is 24.9. The van der Waals surface area contributed by atoms with Gasteiger partial charge in [-0.3, -0.25) is 0 Å². The number of hydrogen-bond acceptors (Lipinski definition) is 0. The first-order chi connectivity index (χ1) is 5.61. The molecule has 0 unspecified atom stereocenters. The van der Waals surface area contributed by atoms with Gasteiger partial charge in [-0.05, 0) is 12.1 Å². The minimum atomic E-state index is -0.821. The van der Waals surface area contributed by atoms with Crippen LogP contribution in [-0.4, -0.2) is 0 Å². The molecule has 1 rings (SSSR count). The van der Waals surface area contributed by atoms with E-state index in [-0.39, 0.29) is 5.56 Å². The minimum Gasteiger partial charge on any atom is -0.207 e. The van der Waals surface area contributed by atoms with Crippen molar-refractivity contribution < 1.29 is 8.78 Å². The van der Waals surface area contributed by atoms with Gasteiger partial charge in [-0.15, -0.1) is 0 Å². The molecule has 1 aromatic carbocycles. The van der Waals surface area contributed by atoms with E-state index in [2.05, 4.69) is 0 Å². The zero-order chi connectivity index (χ0) is 9.14. The monoisotopic (exact) mass is 208 g/mol. The van der Waals surface area contributed by atoms with E-state index in [0.29, 0.717) is 0 Å². The van der Waals surface area contributed by atoms with Gasteiger partial charge in [0, 0.05) is 5.56 Å². The first kappa shape index (κ1) is 9.49. The molecule has 0 heterocycles. The summed E-state index contributed by atoms with van der Waals surface area (Å²) in [5.74, 6) is -1.35. The van der Waals surface area contributed by atoms with Crippen LogP contribution in [-0.2, 0) is 0 Å². The zero-order valence-corrected chi connectivity index (χ0v) is 7.33. The minimum absolute atomic E-state index is 0.0370. The molecule has 0 aliphatic heterocycles. The van der Waals surface area contributed by atoms with Crippen LogP contribution in [0.1, 0.15) is 5.56 Å². The van der Waals surface area contributed by atoms with Gasteiger partial charge in [0.15, 0.2) is 5.83 Å². The molecule has 0 atom stereocenters. The SMILES string of the molecule is FC(=C(Cl)Cl)c1cccc(F)c1. The van der Waals surface area contributed by atoms with E-state index in [9.17, 15) is 8.78 Å². The Morgan fingerprint density at radius 2 is 1.92 bits per heavy atom. The second kappa shape index (κ2) is 3.87. The molecule has 0 radical (unpaired) electrons. The highest BCUT2D eigenvalue weighted by Gasteiger charge is 2.05. The fourth-order valence-corrected chi connectivity index (χ4v) is 0.952.